The van der Waals surface area contributed by atoms with E-state index in [9.17, 15) is 0 Å². The summed E-state index contributed by atoms with van der Waals surface area (Å²) in [7, 11) is 3.99. The molecule has 25 heavy (non-hydrogen) atoms. The van der Waals surface area contributed by atoms with Gasteiger partial charge in [0.05, 0.1) is 17.9 Å². The summed E-state index contributed by atoms with van der Waals surface area (Å²) in [5.41, 5.74) is 1.11. The molecule has 0 saturated carbocycles. The van der Waals surface area contributed by atoms with E-state index in [0.29, 0.717) is 18.1 Å². The van der Waals surface area contributed by atoms with Gasteiger partial charge in [0.25, 0.3) is 0 Å². The van der Waals surface area contributed by atoms with Crippen LogP contribution in [0.15, 0.2) is 6.07 Å². The highest BCUT2D eigenvalue weighted by atomic mass is 16.5. The normalized spacial score (nSPS) is 20.3. The second-order valence-corrected chi connectivity index (χ2v) is 7.63. The van der Waals surface area contributed by atoms with Gasteiger partial charge in [0.1, 0.15) is 5.82 Å². The van der Waals surface area contributed by atoms with Gasteiger partial charge in [-0.25, -0.2) is 4.98 Å². The van der Waals surface area contributed by atoms with Gasteiger partial charge in [0.15, 0.2) is 0 Å². The number of piperidine rings is 1. The molecule has 3 rings (SSSR count). The zero-order valence-electron chi connectivity index (χ0n) is 16.1. The lowest BCUT2D eigenvalue weighted by molar-refractivity contribution is -0.0743. The van der Waals surface area contributed by atoms with Gasteiger partial charge in [-0.05, 0) is 31.6 Å². The topological polar surface area (TPSA) is 50.7 Å². The molecule has 0 aliphatic carbocycles. The number of anilines is 2. The molecule has 2 fully saturated rings. The Morgan fingerprint density at radius 1 is 1.08 bits per heavy atom. The monoisotopic (exact) mass is 348 g/mol. The lowest BCUT2D eigenvalue weighted by atomic mass is 10.1. The van der Waals surface area contributed by atoms with E-state index in [1.165, 1.54) is 0 Å². The molecule has 0 bridgehead atoms. The van der Waals surface area contributed by atoms with Crippen molar-refractivity contribution in [3.63, 3.8) is 0 Å². The highest BCUT2D eigenvalue weighted by Crippen LogP contribution is 2.26. The molecular formula is C19H32N4O2. The van der Waals surface area contributed by atoms with Gasteiger partial charge < -0.3 is 19.3 Å². The highest BCUT2D eigenvalue weighted by Gasteiger charge is 2.25. The maximum atomic E-state index is 6.29. The first kappa shape index (κ1) is 18.4. The summed E-state index contributed by atoms with van der Waals surface area (Å²) in [4.78, 5) is 13.8. The standard InChI is InChI=1S/C19H32N4O2/c1-14(2)17-13-18(21-19(20-17)22(3)4)23-9-5-15(6-10-23)25-16-7-11-24-12-8-16/h13-16H,5-12H2,1-4H3. The SMILES string of the molecule is CC(C)c1cc(N2CCC(OC3CCOCC3)CC2)nc(N(C)C)n1. The Morgan fingerprint density at radius 3 is 2.32 bits per heavy atom. The third-order valence-corrected chi connectivity index (χ3v) is 5.03. The molecule has 0 spiro atoms. The molecule has 3 heterocycles. The zero-order chi connectivity index (χ0) is 17.8. The van der Waals surface area contributed by atoms with Crippen LogP contribution in [0.4, 0.5) is 11.8 Å². The van der Waals surface area contributed by atoms with Crippen LogP contribution in [0.25, 0.3) is 0 Å². The third-order valence-electron chi connectivity index (χ3n) is 5.03. The molecule has 2 aliphatic rings. The van der Waals surface area contributed by atoms with Crippen LogP contribution in [0, 0.1) is 0 Å². The fourth-order valence-corrected chi connectivity index (χ4v) is 3.40. The van der Waals surface area contributed by atoms with E-state index in [1.54, 1.807) is 0 Å². The van der Waals surface area contributed by atoms with Gasteiger partial charge in [0, 0.05) is 46.5 Å². The van der Waals surface area contributed by atoms with Crippen molar-refractivity contribution in [2.75, 3.05) is 50.2 Å². The Balaban J connectivity index is 1.61. The molecule has 0 unspecified atom stereocenters. The van der Waals surface area contributed by atoms with Crippen LogP contribution in [-0.4, -0.2) is 62.6 Å². The third kappa shape index (κ3) is 4.82. The number of aromatic nitrogens is 2. The molecule has 140 valence electrons. The zero-order valence-corrected chi connectivity index (χ0v) is 16.1. The number of hydrogen-bond acceptors (Lipinski definition) is 6. The molecule has 0 amide bonds. The van der Waals surface area contributed by atoms with E-state index in [-0.39, 0.29) is 0 Å². The minimum atomic E-state index is 0.374. The first-order valence-corrected chi connectivity index (χ1v) is 9.57. The van der Waals surface area contributed by atoms with Crippen LogP contribution < -0.4 is 9.80 Å². The smallest absolute Gasteiger partial charge is 0.227 e. The number of nitrogens with zero attached hydrogens (tertiary/aromatic N) is 4. The summed E-state index contributed by atoms with van der Waals surface area (Å²) in [5.74, 6) is 2.24. The fraction of sp³-hybridized carbons (Fsp3) is 0.789. The van der Waals surface area contributed by atoms with Gasteiger partial charge in [-0.1, -0.05) is 13.8 Å². The van der Waals surface area contributed by atoms with E-state index >= 15 is 0 Å². The molecule has 1 aromatic heterocycles. The Bertz CT molecular complexity index is 524. The summed E-state index contributed by atoms with van der Waals surface area (Å²) in [5, 5.41) is 0. The van der Waals surface area contributed by atoms with Gasteiger partial charge in [0.2, 0.25) is 5.95 Å². The molecule has 1 aromatic rings. The van der Waals surface area contributed by atoms with Crippen LogP contribution in [0.5, 0.6) is 0 Å². The molecular weight excluding hydrogens is 316 g/mol. The van der Waals surface area contributed by atoms with Gasteiger partial charge >= 0.3 is 0 Å². The van der Waals surface area contributed by atoms with Crippen molar-refractivity contribution < 1.29 is 9.47 Å². The van der Waals surface area contributed by atoms with Crippen LogP contribution >= 0.6 is 0 Å². The van der Waals surface area contributed by atoms with E-state index in [0.717, 1.165) is 69.4 Å². The molecule has 0 N–H and O–H groups in total. The van der Waals surface area contributed by atoms with Crippen LogP contribution in [0.2, 0.25) is 0 Å². The molecule has 2 aliphatic heterocycles. The van der Waals surface area contributed by atoms with Crippen LogP contribution in [-0.2, 0) is 9.47 Å². The van der Waals surface area contributed by atoms with Crippen molar-refractivity contribution in [2.24, 2.45) is 0 Å². The predicted molar refractivity (Wildman–Crippen MR) is 101 cm³/mol. The highest BCUT2D eigenvalue weighted by molar-refractivity contribution is 5.46. The Labute approximate surface area is 151 Å². The second-order valence-electron chi connectivity index (χ2n) is 7.63. The van der Waals surface area contributed by atoms with Gasteiger partial charge in [-0.15, -0.1) is 0 Å². The lowest BCUT2D eigenvalue weighted by Gasteiger charge is -2.35. The Morgan fingerprint density at radius 2 is 1.72 bits per heavy atom. The Kier molecular flexibility index (Phi) is 6.12. The molecule has 0 radical (unpaired) electrons. The first-order chi connectivity index (χ1) is 12.0. The quantitative estimate of drug-likeness (QED) is 0.815. The molecule has 6 nitrogen and oxygen atoms in total. The summed E-state index contributed by atoms with van der Waals surface area (Å²) in [6.07, 6.45) is 4.97. The van der Waals surface area contributed by atoms with E-state index in [2.05, 4.69) is 29.8 Å². The molecule has 2 saturated heterocycles. The van der Waals surface area contributed by atoms with Crippen molar-refractivity contribution in [2.45, 2.75) is 57.7 Å². The van der Waals surface area contributed by atoms with Crippen LogP contribution in [0.1, 0.15) is 51.1 Å². The molecule has 0 aromatic carbocycles. The number of rotatable bonds is 5. The van der Waals surface area contributed by atoms with E-state index in [1.807, 2.05) is 19.0 Å². The average Bonchev–Trinajstić information content (AvgIpc) is 2.62. The predicted octanol–water partition coefficient (Wildman–Crippen LogP) is 2.83. The van der Waals surface area contributed by atoms with Crippen molar-refractivity contribution in [1.82, 2.24) is 9.97 Å². The number of ether oxygens (including phenoxy) is 2. The fourth-order valence-electron chi connectivity index (χ4n) is 3.40. The van der Waals surface area contributed by atoms with Crippen molar-refractivity contribution in [1.29, 1.82) is 0 Å². The summed E-state index contributed by atoms with van der Waals surface area (Å²) in [6, 6.07) is 2.15. The molecule has 0 atom stereocenters. The molecule has 6 heteroatoms. The number of hydrogen-bond donors (Lipinski definition) is 0. The lowest BCUT2D eigenvalue weighted by Crippen LogP contribution is -2.40. The Hall–Kier alpha value is -1.40. The minimum absolute atomic E-state index is 0.374. The van der Waals surface area contributed by atoms with E-state index < -0.39 is 0 Å². The maximum Gasteiger partial charge on any atom is 0.227 e. The van der Waals surface area contributed by atoms with Gasteiger partial charge in [-0.2, -0.15) is 4.98 Å². The largest absolute Gasteiger partial charge is 0.381 e. The van der Waals surface area contributed by atoms with E-state index in [4.69, 9.17) is 14.5 Å². The summed E-state index contributed by atoms with van der Waals surface area (Å²) >= 11 is 0. The minimum Gasteiger partial charge on any atom is -0.381 e. The van der Waals surface area contributed by atoms with Crippen LogP contribution in [0.3, 0.4) is 0 Å². The van der Waals surface area contributed by atoms with Crippen molar-refractivity contribution in [3.8, 4) is 0 Å². The maximum absolute atomic E-state index is 6.29. The summed E-state index contributed by atoms with van der Waals surface area (Å²) in [6.45, 7) is 8.04. The van der Waals surface area contributed by atoms with Crippen molar-refractivity contribution in [3.05, 3.63) is 11.8 Å². The second kappa shape index (κ2) is 8.32. The van der Waals surface area contributed by atoms with Gasteiger partial charge in [-0.3, -0.25) is 0 Å². The van der Waals surface area contributed by atoms with Crippen molar-refractivity contribution >= 4 is 11.8 Å². The summed E-state index contributed by atoms with van der Waals surface area (Å²) < 4.78 is 11.7. The first-order valence-electron chi connectivity index (χ1n) is 9.57. The average molecular weight is 348 g/mol.